The SMILES string of the molecule is CC1(C)O[C@@H]2[C@@H]3OC[C@H](O3)[C@H]3NC(=O)CCC(=O)[C@]32O1. The van der Waals surface area contributed by atoms with Crippen LogP contribution in [0.1, 0.15) is 26.7 Å². The second-order valence-electron chi connectivity index (χ2n) is 6.18. The molecule has 5 atom stereocenters. The van der Waals surface area contributed by atoms with Gasteiger partial charge in [0.05, 0.1) is 12.6 Å². The molecular formula is C13H17NO6. The van der Waals surface area contributed by atoms with Crippen LogP contribution in [0.2, 0.25) is 0 Å². The molecule has 4 saturated heterocycles. The number of rotatable bonds is 0. The van der Waals surface area contributed by atoms with Gasteiger partial charge in [0, 0.05) is 12.8 Å². The van der Waals surface area contributed by atoms with Gasteiger partial charge < -0.3 is 24.3 Å². The summed E-state index contributed by atoms with van der Waals surface area (Å²) in [5.74, 6) is -1.19. The number of ketones is 1. The number of Topliss-reactive ketones (excluding diaryl/α,β-unsaturated/α-hetero) is 1. The second kappa shape index (κ2) is 3.79. The molecule has 4 fully saturated rings. The summed E-state index contributed by atoms with van der Waals surface area (Å²) in [5.41, 5.74) is -1.19. The van der Waals surface area contributed by atoms with Gasteiger partial charge in [-0.25, -0.2) is 0 Å². The minimum Gasteiger partial charge on any atom is -0.347 e. The summed E-state index contributed by atoms with van der Waals surface area (Å²) < 4.78 is 23.2. The van der Waals surface area contributed by atoms with Crippen molar-refractivity contribution in [3.63, 3.8) is 0 Å². The van der Waals surface area contributed by atoms with Gasteiger partial charge in [0.25, 0.3) is 0 Å². The first-order valence-corrected chi connectivity index (χ1v) is 6.90. The maximum atomic E-state index is 12.7. The van der Waals surface area contributed by atoms with Crippen LogP contribution in [0.5, 0.6) is 0 Å². The molecule has 0 aliphatic carbocycles. The topological polar surface area (TPSA) is 83.1 Å². The van der Waals surface area contributed by atoms with Crippen LogP contribution in [0.3, 0.4) is 0 Å². The fraction of sp³-hybridized carbons (Fsp3) is 0.846. The van der Waals surface area contributed by atoms with E-state index in [2.05, 4.69) is 5.32 Å². The van der Waals surface area contributed by atoms with E-state index < -0.39 is 29.8 Å². The summed E-state index contributed by atoms with van der Waals surface area (Å²) >= 11 is 0. The summed E-state index contributed by atoms with van der Waals surface area (Å²) in [6.45, 7) is 3.84. The molecule has 1 spiro atoms. The highest BCUT2D eigenvalue weighted by atomic mass is 16.8. The lowest BCUT2D eigenvalue weighted by molar-refractivity contribution is -0.200. The molecule has 1 amide bonds. The quantitative estimate of drug-likeness (QED) is 0.644. The number of carbonyl (C=O) groups is 2. The Morgan fingerprint density at radius 2 is 2.05 bits per heavy atom. The monoisotopic (exact) mass is 283 g/mol. The molecule has 1 N–H and O–H groups in total. The lowest BCUT2D eigenvalue weighted by Crippen LogP contribution is -2.70. The Morgan fingerprint density at radius 3 is 2.85 bits per heavy atom. The molecule has 2 bridgehead atoms. The third kappa shape index (κ3) is 1.49. The summed E-state index contributed by atoms with van der Waals surface area (Å²) in [6.07, 6.45) is -1.31. The van der Waals surface area contributed by atoms with Crippen molar-refractivity contribution in [2.75, 3.05) is 6.61 Å². The molecule has 0 saturated carbocycles. The van der Waals surface area contributed by atoms with Gasteiger partial charge >= 0.3 is 0 Å². The maximum absolute atomic E-state index is 12.7. The predicted molar refractivity (Wildman–Crippen MR) is 63.6 cm³/mol. The molecule has 0 aromatic heterocycles. The minimum absolute atomic E-state index is 0.111. The van der Waals surface area contributed by atoms with Crippen molar-refractivity contribution in [1.29, 1.82) is 0 Å². The van der Waals surface area contributed by atoms with E-state index >= 15 is 0 Å². The van der Waals surface area contributed by atoms with Crippen LogP contribution in [0, 0.1) is 0 Å². The molecule has 4 aliphatic heterocycles. The Balaban J connectivity index is 1.85. The molecule has 7 heteroatoms. The van der Waals surface area contributed by atoms with Gasteiger partial charge in [-0.05, 0) is 13.8 Å². The number of hydrogen-bond donors (Lipinski definition) is 1. The maximum Gasteiger partial charge on any atom is 0.220 e. The van der Waals surface area contributed by atoms with E-state index in [1.807, 2.05) is 0 Å². The van der Waals surface area contributed by atoms with Crippen LogP contribution < -0.4 is 5.32 Å². The van der Waals surface area contributed by atoms with Gasteiger partial charge in [-0.3, -0.25) is 9.59 Å². The first kappa shape index (κ1) is 12.7. The fourth-order valence-electron chi connectivity index (χ4n) is 3.69. The highest BCUT2D eigenvalue weighted by molar-refractivity contribution is 5.95. The number of hydrogen-bond acceptors (Lipinski definition) is 6. The Kier molecular flexibility index (Phi) is 2.41. The van der Waals surface area contributed by atoms with E-state index in [1.165, 1.54) is 0 Å². The van der Waals surface area contributed by atoms with E-state index in [0.717, 1.165) is 0 Å². The summed E-state index contributed by atoms with van der Waals surface area (Å²) in [7, 11) is 0. The molecular weight excluding hydrogens is 266 g/mol. The summed E-state index contributed by atoms with van der Waals surface area (Å²) in [4.78, 5) is 24.5. The molecule has 4 heterocycles. The zero-order valence-corrected chi connectivity index (χ0v) is 11.4. The Labute approximate surface area is 115 Å². The highest BCUT2D eigenvalue weighted by Gasteiger charge is 2.71. The normalized spacial score (nSPS) is 49.3. The van der Waals surface area contributed by atoms with Crippen molar-refractivity contribution < 1.29 is 28.5 Å². The van der Waals surface area contributed by atoms with Crippen molar-refractivity contribution in [3.05, 3.63) is 0 Å². The highest BCUT2D eigenvalue weighted by Crippen LogP contribution is 2.49. The Bertz CT molecular complexity index is 491. The molecule has 20 heavy (non-hydrogen) atoms. The number of ether oxygens (including phenoxy) is 4. The van der Waals surface area contributed by atoms with Gasteiger partial charge in [0.2, 0.25) is 5.91 Å². The Hall–Kier alpha value is -1.02. The zero-order chi connectivity index (χ0) is 14.1. The van der Waals surface area contributed by atoms with Crippen LogP contribution >= 0.6 is 0 Å². The average molecular weight is 283 g/mol. The first-order valence-electron chi connectivity index (χ1n) is 6.90. The van der Waals surface area contributed by atoms with E-state index in [9.17, 15) is 9.59 Å². The van der Waals surface area contributed by atoms with Crippen molar-refractivity contribution >= 4 is 11.7 Å². The van der Waals surface area contributed by atoms with Gasteiger partial charge in [0.15, 0.2) is 23.5 Å². The van der Waals surface area contributed by atoms with Crippen LogP contribution in [0.15, 0.2) is 0 Å². The molecule has 4 rings (SSSR count). The molecule has 0 aromatic rings. The standard InChI is InChI=1S/C13H17NO6/c1-12(2)19-10-11-17-5-6(18-11)9-13(10,20-12)7(15)3-4-8(16)14-9/h6,9-11H,3-5H2,1-2H3,(H,14,16)/t6-,9+,10+,11+,13-/m0/s1. The largest absolute Gasteiger partial charge is 0.347 e. The van der Waals surface area contributed by atoms with Gasteiger partial charge in [-0.1, -0.05) is 0 Å². The van der Waals surface area contributed by atoms with Crippen molar-refractivity contribution in [2.24, 2.45) is 0 Å². The molecule has 7 nitrogen and oxygen atoms in total. The second-order valence-corrected chi connectivity index (χ2v) is 6.18. The van der Waals surface area contributed by atoms with Crippen molar-refractivity contribution in [2.45, 2.75) is 62.6 Å². The lowest BCUT2D eigenvalue weighted by Gasteiger charge is -2.43. The van der Waals surface area contributed by atoms with Crippen LogP contribution in [-0.4, -0.2) is 54.2 Å². The third-order valence-corrected chi connectivity index (χ3v) is 4.39. The van der Waals surface area contributed by atoms with E-state index in [4.69, 9.17) is 18.9 Å². The van der Waals surface area contributed by atoms with E-state index in [0.29, 0.717) is 6.61 Å². The van der Waals surface area contributed by atoms with Gasteiger partial charge in [0.1, 0.15) is 12.2 Å². The zero-order valence-electron chi connectivity index (χ0n) is 11.4. The molecule has 0 unspecified atom stereocenters. The minimum atomic E-state index is -1.19. The lowest BCUT2D eigenvalue weighted by atomic mass is 9.79. The molecule has 110 valence electrons. The van der Waals surface area contributed by atoms with Gasteiger partial charge in [-0.2, -0.15) is 0 Å². The van der Waals surface area contributed by atoms with E-state index in [-0.39, 0.29) is 30.6 Å². The number of fused-ring (bicyclic) bond motifs is 4. The van der Waals surface area contributed by atoms with Gasteiger partial charge in [-0.15, -0.1) is 0 Å². The van der Waals surface area contributed by atoms with Crippen molar-refractivity contribution in [1.82, 2.24) is 5.32 Å². The van der Waals surface area contributed by atoms with E-state index in [1.54, 1.807) is 13.8 Å². The summed E-state index contributed by atoms with van der Waals surface area (Å²) in [5, 5.41) is 2.87. The van der Waals surface area contributed by atoms with Crippen LogP contribution in [0.4, 0.5) is 0 Å². The third-order valence-electron chi connectivity index (χ3n) is 4.39. The molecule has 0 aromatic carbocycles. The number of nitrogens with one attached hydrogen (secondary N) is 1. The average Bonchev–Trinajstić information content (AvgIpc) is 2.89. The molecule has 4 aliphatic rings. The number of amides is 1. The van der Waals surface area contributed by atoms with Crippen LogP contribution in [0.25, 0.3) is 0 Å². The molecule has 0 radical (unpaired) electrons. The number of carbonyl (C=O) groups excluding carboxylic acids is 2. The first-order chi connectivity index (χ1) is 9.42. The Morgan fingerprint density at radius 1 is 1.25 bits per heavy atom. The summed E-state index contributed by atoms with van der Waals surface area (Å²) in [6, 6.07) is -0.560. The van der Waals surface area contributed by atoms with Crippen molar-refractivity contribution in [3.8, 4) is 0 Å². The van der Waals surface area contributed by atoms with Crippen LogP contribution in [-0.2, 0) is 28.5 Å². The fourth-order valence-corrected chi connectivity index (χ4v) is 3.69. The smallest absolute Gasteiger partial charge is 0.220 e. The predicted octanol–water partition coefficient (Wildman–Crippen LogP) is -0.520.